The number of hydrogen-bond donors (Lipinski definition) is 2. The third-order valence-electron chi connectivity index (χ3n) is 3.15. The van der Waals surface area contributed by atoms with E-state index >= 15 is 0 Å². The lowest BCUT2D eigenvalue weighted by atomic mass is 9.91. The Hall–Kier alpha value is -1.06. The Morgan fingerprint density at radius 1 is 1.22 bits per heavy atom. The quantitative estimate of drug-likeness (QED) is 0.818. The highest BCUT2D eigenvalue weighted by Crippen LogP contribution is 2.31. The van der Waals surface area contributed by atoms with E-state index in [4.69, 9.17) is 4.74 Å². The number of aliphatic hydroxyl groups is 2. The van der Waals surface area contributed by atoms with Gasteiger partial charge in [0.2, 0.25) is 0 Å². The molecule has 0 aliphatic heterocycles. The fourth-order valence-corrected chi connectivity index (χ4v) is 2.03. The molecule has 0 amide bonds. The fraction of sp³-hybridized carbons (Fsp3) is 0.600. The van der Waals surface area contributed by atoms with Crippen LogP contribution in [0.1, 0.15) is 44.2 Å². The van der Waals surface area contributed by atoms with Crippen molar-refractivity contribution in [2.75, 3.05) is 6.61 Å². The molecule has 0 aliphatic rings. The van der Waals surface area contributed by atoms with Gasteiger partial charge in [-0.05, 0) is 44.7 Å². The standard InChI is InChI=1S/C15H24O3/c1-5-18-15-7-6-10(2)8-13(15)11(3)9-14(17)12(4)16/h6-8,11-12,14,16-17H,5,9H2,1-4H3. The Kier molecular flexibility index (Phi) is 5.63. The molecule has 0 bridgehead atoms. The van der Waals surface area contributed by atoms with Crippen LogP contribution < -0.4 is 4.74 Å². The maximum absolute atomic E-state index is 9.76. The second kappa shape index (κ2) is 6.76. The number of aliphatic hydroxyl groups excluding tert-OH is 2. The molecule has 2 N–H and O–H groups in total. The van der Waals surface area contributed by atoms with Gasteiger partial charge in [0.05, 0.1) is 18.8 Å². The van der Waals surface area contributed by atoms with Crippen molar-refractivity contribution in [3.63, 3.8) is 0 Å². The van der Waals surface area contributed by atoms with Crippen molar-refractivity contribution in [1.82, 2.24) is 0 Å². The van der Waals surface area contributed by atoms with Gasteiger partial charge < -0.3 is 14.9 Å². The minimum absolute atomic E-state index is 0.149. The Labute approximate surface area is 109 Å². The molecule has 0 aliphatic carbocycles. The molecule has 102 valence electrons. The zero-order valence-corrected chi connectivity index (χ0v) is 11.7. The highest BCUT2D eigenvalue weighted by Gasteiger charge is 2.19. The predicted molar refractivity (Wildman–Crippen MR) is 73.1 cm³/mol. The van der Waals surface area contributed by atoms with Crippen molar-refractivity contribution in [2.24, 2.45) is 0 Å². The van der Waals surface area contributed by atoms with Crippen molar-refractivity contribution < 1.29 is 14.9 Å². The van der Waals surface area contributed by atoms with E-state index in [0.717, 1.165) is 11.3 Å². The van der Waals surface area contributed by atoms with Crippen LogP contribution in [0.25, 0.3) is 0 Å². The first-order valence-electron chi connectivity index (χ1n) is 6.55. The van der Waals surface area contributed by atoms with Gasteiger partial charge >= 0.3 is 0 Å². The van der Waals surface area contributed by atoms with Crippen LogP contribution >= 0.6 is 0 Å². The highest BCUT2D eigenvalue weighted by atomic mass is 16.5. The van der Waals surface area contributed by atoms with Gasteiger partial charge in [0, 0.05) is 0 Å². The Morgan fingerprint density at radius 2 is 1.89 bits per heavy atom. The van der Waals surface area contributed by atoms with Crippen molar-refractivity contribution in [1.29, 1.82) is 0 Å². The van der Waals surface area contributed by atoms with Crippen LogP contribution in [0.3, 0.4) is 0 Å². The minimum atomic E-state index is -0.701. The SMILES string of the molecule is CCOc1ccc(C)cc1C(C)CC(O)C(C)O. The summed E-state index contributed by atoms with van der Waals surface area (Å²) >= 11 is 0. The topological polar surface area (TPSA) is 49.7 Å². The largest absolute Gasteiger partial charge is 0.494 e. The average molecular weight is 252 g/mol. The fourth-order valence-electron chi connectivity index (χ4n) is 2.03. The van der Waals surface area contributed by atoms with Crippen molar-refractivity contribution >= 4 is 0 Å². The zero-order chi connectivity index (χ0) is 13.7. The lowest BCUT2D eigenvalue weighted by Crippen LogP contribution is -2.24. The van der Waals surface area contributed by atoms with E-state index in [1.54, 1.807) is 6.92 Å². The molecule has 1 aromatic carbocycles. The summed E-state index contributed by atoms with van der Waals surface area (Å²) in [4.78, 5) is 0. The summed E-state index contributed by atoms with van der Waals surface area (Å²) in [6.07, 6.45) is -0.871. The summed E-state index contributed by atoms with van der Waals surface area (Å²) in [5.74, 6) is 1.02. The van der Waals surface area contributed by atoms with E-state index in [-0.39, 0.29) is 5.92 Å². The Morgan fingerprint density at radius 3 is 2.44 bits per heavy atom. The van der Waals surface area contributed by atoms with Gasteiger partial charge in [0.1, 0.15) is 5.75 Å². The second-order valence-corrected chi connectivity index (χ2v) is 4.92. The Balaban J connectivity index is 2.88. The Bertz CT molecular complexity index is 374. The molecule has 3 atom stereocenters. The zero-order valence-electron chi connectivity index (χ0n) is 11.7. The lowest BCUT2D eigenvalue weighted by Gasteiger charge is -2.21. The van der Waals surface area contributed by atoms with Crippen molar-refractivity contribution in [2.45, 2.75) is 52.2 Å². The third-order valence-corrected chi connectivity index (χ3v) is 3.15. The van der Waals surface area contributed by atoms with Crippen LogP contribution in [-0.4, -0.2) is 29.0 Å². The molecule has 0 aromatic heterocycles. The van der Waals surface area contributed by atoms with E-state index in [9.17, 15) is 10.2 Å². The normalized spacial score (nSPS) is 16.1. The third kappa shape index (κ3) is 4.00. The van der Waals surface area contributed by atoms with Gasteiger partial charge in [-0.3, -0.25) is 0 Å². The molecule has 0 radical (unpaired) electrons. The van der Waals surface area contributed by atoms with E-state index in [0.29, 0.717) is 13.0 Å². The van der Waals surface area contributed by atoms with Gasteiger partial charge in [-0.1, -0.05) is 24.6 Å². The van der Waals surface area contributed by atoms with Crippen LogP contribution in [0.15, 0.2) is 18.2 Å². The molecule has 0 heterocycles. The highest BCUT2D eigenvalue weighted by molar-refractivity contribution is 5.39. The molecule has 3 nitrogen and oxygen atoms in total. The van der Waals surface area contributed by atoms with E-state index in [1.807, 2.05) is 32.9 Å². The first-order valence-corrected chi connectivity index (χ1v) is 6.55. The summed E-state index contributed by atoms with van der Waals surface area (Å²) < 4.78 is 5.61. The number of hydrogen-bond acceptors (Lipinski definition) is 3. The maximum Gasteiger partial charge on any atom is 0.122 e. The van der Waals surface area contributed by atoms with Gasteiger partial charge in [0.25, 0.3) is 0 Å². The van der Waals surface area contributed by atoms with Gasteiger partial charge in [0.15, 0.2) is 0 Å². The van der Waals surface area contributed by atoms with E-state index < -0.39 is 12.2 Å². The van der Waals surface area contributed by atoms with Crippen LogP contribution in [0.2, 0.25) is 0 Å². The molecule has 18 heavy (non-hydrogen) atoms. The first-order chi connectivity index (χ1) is 8.45. The summed E-state index contributed by atoms with van der Waals surface area (Å²) in [6.45, 7) is 8.28. The van der Waals surface area contributed by atoms with E-state index in [2.05, 4.69) is 6.07 Å². The van der Waals surface area contributed by atoms with Crippen molar-refractivity contribution in [3.05, 3.63) is 29.3 Å². The van der Waals surface area contributed by atoms with Gasteiger partial charge in [-0.2, -0.15) is 0 Å². The molecule has 0 spiro atoms. The summed E-state index contributed by atoms with van der Waals surface area (Å²) in [5, 5.41) is 19.1. The van der Waals surface area contributed by atoms with Crippen molar-refractivity contribution in [3.8, 4) is 5.75 Å². The second-order valence-electron chi connectivity index (χ2n) is 4.92. The number of aryl methyl sites for hydroxylation is 1. The molecule has 1 rings (SSSR count). The summed E-state index contributed by atoms with van der Waals surface area (Å²) in [6, 6.07) is 6.08. The smallest absolute Gasteiger partial charge is 0.122 e. The first kappa shape index (κ1) is 15.0. The van der Waals surface area contributed by atoms with E-state index in [1.165, 1.54) is 5.56 Å². The minimum Gasteiger partial charge on any atom is -0.494 e. The lowest BCUT2D eigenvalue weighted by molar-refractivity contribution is 0.0226. The van der Waals surface area contributed by atoms with Crippen LogP contribution in [0, 0.1) is 6.92 Å². The molecule has 0 saturated heterocycles. The molecule has 3 heteroatoms. The van der Waals surface area contributed by atoms with Crippen LogP contribution in [0.5, 0.6) is 5.75 Å². The van der Waals surface area contributed by atoms with Crippen LogP contribution in [0.4, 0.5) is 0 Å². The molecule has 0 fully saturated rings. The molecule has 0 saturated carbocycles. The molecular weight excluding hydrogens is 228 g/mol. The molecule has 3 unspecified atom stereocenters. The number of ether oxygens (including phenoxy) is 1. The monoisotopic (exact) mass is 252 g/mol. The molecular formula is C15H24O3. The van der Waals surface area contributed by atoms with Gasteiger partial charge in [-0.15, -0.1) is 0 Å². The van der Waals surface area contributed by atoms with Gasteiger partial charge in [-0.25, -0.2) is 0 Å². The maximum atomic E-state index is 9.76. The molecule has 1 aromatic rings. The average Bonchev–Trinajstić information content (AvgIpc) is 2.31. The number of benzene rings is 1. The number of rotatable bonds is 6. The summed E-state index contributed by atoms with van der Waals surface area (Å²) in [5.41, 5.74) is 2.27. The van der Waals surface area contributed by atoms with Crippen LogP contribution in [-0.2, 0) is 0 Å². The summed E-state index contributed by atoms with van der Waals surface area (Å²) in [7, 11) is 0. The predicted octanol–water partition coefficient (Wildman–Crippen LogP) is 2.63.